The number of likely N-dealkylation sites (tertiary alicyclic amines) is 1. The van der Waals surface area contributed by atoms with Crippen molar-refractivity contribution < 1.29 is 4.74 Å². The van der Waals surface area contributed by atoms with Gasteiger partial charge in [-0.15, -0.1) is 0 Å². The van der Waals surface area contributed by atoms with Crippen LogP contribution in [0.15, 0.2) is 24.3 Å². The highest BCUT2D eigenvalue weighted by Crippen LogP contribution is 2.34. The van der Waals surface area contributed by atoms with E-state index < -0.39 is 0 Å². The fourth-order valence-corrected chi connectivity index (χ4v) is 3.39. The first kappa shape index (κ1) is 13.9. The van der Waals surface area contributed by atoms with Gasteiger partial charge in [-0.2, -0.15) is 0 Å². The van der Waals surface area contributed by atoms with Gasteiger partial charge in [0.05, 0.1) is 13.2 Å². The number of hydrogen-bond acceptors (Lipinski definition) is 4. The summed E-state index contributed by atoms with van der Waals surface area (Å²) in [6, 6.07) is 9.60. The molecule has 3 rings (SSSR count). The predicted molar refractivity (Wildman–Crippen MR) is 82.0 cm³/mol. The van der Waals surface area contributed by atoms with Crippen LogP contribution in [0.4, 0.5) is 5.69 Å². The minimum atomic E-state index is 0.530. The van der Waals surface area contributed by atoms with Gasteiger partial charge < -0.3 is 15.4 Å². The molecule has 2 aliphatic heterocycles. The Hall–Kier alpha value is -1.10. The average molecular weight is 275 g/mol. The van der Waals surface area contributed by atoms with E-state index in [-0.39, 0.29) is 0 Å². The van der Waals surface area contributed by atoms with E-state index >= 15 is 0 Å². The van der Waals surface area contributed by atoms with Crippen molar-refractivity contribution in [2.24, 2.45) is 11.7 Å². The van der Waals surface area contributed by atoms with E-state index in [0.717, 1.165) is 39.4 Å². The molecule has 0 radical (unpaired) electrons. The van der Waals surface area contributed by atoms with Crippen LogP contribution in [0, 0.1) is 5.92 Å². The monoisotopic (exact) mass is 275 g/mol. The highest BCUT2D eigenvalue weighted by Gasteiger charge is 2.29. The summed E-state index contributed by atoms with van der Waals surface area (Å²) in [5, 5.41) is 0. The lowest BCUT2D eigenvalue weighted by molar-refractivity contribution is 0.122. The first-order valence-electron chi connectivity index (χ1n) is 7.61. The predicted octanol–water partition coefficient (Wildman–Crippen LogP) is 1.47. The fourth-order valence-electron chi connectivity index (χ4n) is 3.39. The van der Waals surface area contributed by atoms with Crippen LogP contribution in [0.5, 0.6) is 0 Å². The van der Waals surface area contributed by atoms with Crippen molar-refractivity contribution in [2.75, 3.05) is 51.3 Å². The zero-order chi connectivity index (χ0) is 13.9. The maximum absolute atomic E-state index is 5.81. The number of nitrogens with zero attached hydrogens (tertiary/aromatic N) is 2. The van der Waals surface area contributed by atoms with Crippen LogP contribution in [0.3, 0.4) is 0 Å². The Balaban J connectivity index is 1.69. The number of morpholine rings is 1. The molecule has 4 heteroatoms. The maximum atomic E-state index is 5.81. The van der Waals surface area contributed by atoms with Crippen LogP contribution in [-0.4, -0.2) is 51.3 Å². The van der Waals surface area contributed by atoms with Crippen LogP contribution in [0.25, 0.3) is 0 Å². The van der Waals surface area contributed by atoms with E-state index in [9.17, 15) is 0 Å². The maximum Gasteiger partial charge on any atom is 0.0642 e. The van der Waals surface area contributed by atoms with Gasteiger partial charge in [0.25, 0.3) is 0 Å². The number of hydrogen-bond donors (Lipinski definition) is 1. The third-order valence-corrected chi connectivity index (χ3v) is 4.62. The van der Waals surface area contributed by atoms with Gasteiger partial charge in [-0.3, -0.25) is 4.90 Å². The van der Waals surface area contributed by atoms with Crippen molar-refractivity contribution in [3.63, 3.8) is 0 Å². The molecule has 2 saturated heterocycles. The van der Waals surface area contributed by atoms with E-state index in [4.69, 9.17) is 10.5 Å². The normalized spacial score (nSPS) is 28.0. The van der Waals surface area contributed by atoms with Crippen LogP contribution in [0.1, 0.15) is 18.0 Å². The minimum Gasteiger partial charge on any atom is -0.378 e. The number of ether oxygens (including phenoxy) is 1. The molecule has 0 aromatic heterocycles. The molecule has 0 spiro atoms. The van der Waals surface area contributed by atoms with Gasteiger partial charge in [0.2, 0.25) is 0 Å². The summed E-state index contributed by atoms with van der Waals surface area (Å²) in [6.07, 6.45) is 1.18. The molecule has 110 valence electrons. The number of rotatable bonds is 3. The van der Waals surface area contributed by atoms with E-state index in [1.165, 1.54) is 17.7 Å². The first-order chi connectivity index (χ1) is 9.78. The Bertz CT molecular complexity index is 428. The van der Waals surface area contributed by atoms with E-state index in [1.54, 1.807) is 0 Å². The number of benzene rings is 1. The highest BCUT2D eigenvalue weighted by molar-refractivity contribution is 5.48. The molecular formula is C16H25N3O. The van der Waals surface area contributed by atoms with Gasteiger partial charge in [0.15, 0.2) is 0 Å². The molecule has 0 amide bonds. The van der Waals surface area contributed by atoms with Gasteiger partial charge in [-0.25, -0.2) is 0 Å². The molecule has 1 aromatic carbocycles. The lowest BCUT2D eigenvalue weighted by Crippen LogP contribution is -2.36. The highest BCUT2D eigenvalue weighted by atomic mass is 16.5. The Kier molecular flexibility index (Phi) is 4.24. The lowest BCUT2D eigenvalue weighted by Gasteiger charge is -2.29. The summed E-state index contributed by atoms with van der Waals surface area (Å²) in [5.41, 5.74) is 8.54. The molecule has 0 aliphatic carbocycles. The largest absolute Gasteiger partial charge is 0.378 e. The molecule has 2 unspecified atom stereocenters. The smallest absolute Gasteiger partial charge is 0.0642 e. The molecule has 20 heavy (non-hydrogen) atoms. The van der Waals surface area contributed by atoms with E-state index in [1.807, 2.05) is 0 Å². The Labute approximate surface area is 121 Å². The SMILES string of the molecule is CN1CC(CN)CC1c1ccc(N2CCOCC2)cc1. The van der Waals surface area contributed by atoms with Crippen molar-refractivity contribution in [3.05, 3.63) is 29.8 Å². The molecule has 4 nitrogen and oxygen atoms in total. The van der Waals surface area contributed by atoms with Crippen LogP contribution < -0.4 is 10.6 Å². The number of nitrogens with two attached hydrogens (primary N) is 1. The minimum absolute atomic E-state index is 0.530. The van der Waals surface area contributed by atoms with Crippen molar-refractivity contribution >= 4 is 5.69 Å². The fraction of sp³-hybridized carbons (Fsp3) is 0.625. The Morgan fingerprint density at radius 1 is 1.20 bits per heavy atom. The zero-order valence-corrected chi connectivity index (χ0v) is 12.3. The van der Waals surface area contributed by atoms with Crippen molar-refractivity contribution in [3.8, 4) is 0 Å². The van der Waals surface area contributed by atoms with Crippen LogP contribution in [-0.2, 0) is 4.74 Å². The molecule has 0 saturated carbocycles. The molecule has 2 N–H and O–H groups in total. The first-order valence-corrected chi connectivity index (χ1v) is 7.61. The molecule has 2 heterocycles. The van der Waals surface area contributed by atoms with Crippen LogP contribution in [0.2, 0.25) is 0 Å². The summed E-state index contributed by atoms with van der Waals surface area (Å²) >= 11 is 0. The number of anilines is 1. The van der Waals surface area contributed by atoms with Gasteiger partial charge in [-0.1, -0.05) is 12.1 Å². The van der Waals surface area contributed by atoms with E-state index in [2.05, 4.69) is 41.1 Å². The standard InChI is InChI=1S/C16H25N3O/c1-18-12-13(11-17)10-16(18)14-2-4-15(5-3-14)19-6-8-20-9-7-19/h2-5,13,16H,6-12,17H2,1H3. The summed E-state index contributed by atoms with van der Waals surface area (Å²) in [6.45, 7) is 5.59. The average Bonchev–Trinajstić information content (AvgIpc) is 2.89. The second-order valence-corrected chi connectivity index (χ2v) is 5.98. The molecule has 2 fully saturated rings. The zero-order valence-electron chi connectivity index (χ0n) is 12.3. The summed E-state index contributed by atoms with van der Waals surface area (Å²) < 4.78 is 5.40. The second kappa shape index (κ2) is 6.12. The van der Waals surface area contributed by atoms with Gasteiger partial charge in [-0.05, 0) is 43.6 Å². The van der Waals surface area contributed by atoms with Gasteiger partial charge in [0, 0.05) is 31.4 Å². The third-order valence-electron chi connectivity index (χ3n) is 4.62. The molecule has 2 atom stereocenters. The van der Waals surface area contributed by atoms with Gasteiger partial charge >= 0.3 is 0 Å². The van der Waals surface area contributed by atoms with Crippen molar-refractivity contribution in [1.29, 1.82) is 0 Å². The summed E-state index contributed by atoms with van der Waals surface area (Å²) in [4.78, 5) is 4.83. The van der Waals surface area contributed by atoms with Crippen molar-refractivity contribution in [1.82, 2.24) is 4.90 Å². The molecule has 2 aliphatic rings. The molecular weight excluding hydrogens is 250 g/mol. The second-order valence-electron chi connectivity index (χ2n) is 5.98. The summed E-state index contributed by atoms with van der Waals surface area (Å²) in [7, 11) is 2.20. The Morgan fingerprint density at radius 3 is 2.50 bits per heavy atom. The van der Waals surface area contributed by atoms with Crippen LogP contribution >= 0.6 is 0 Å². The third kappa shape index (κ3) is 2.82. The van der Waals surface area contributed by atoms with Gasteiger partial charge in [0.1, 0.15) is 0 Å². The van der Waals surface area contributed by atoms with E-state index in [0.29, 0.717) is 12.0 Å². The van der Waals surface area contributed by atoms with Crippen molar-refractivity contribution in [2.45, 2.75) is 12.5 Å². The Morgan fingerprint density at radius 2 is 1.90 bits per heavy atom. The lowest BCUT2D eigenvalue weighted by atomic mass is 9.99. The quantitative estimate of drug-likeness (QED) is 0.907. The summed E-state index contributed by atoms with van der Waals surface area (Å²) in [5.74, 6) is 0.643. The molecule has 1 aromatic rings. The molecule has 0 bridgehead atoms. The topological polar surface area (TPSA) is 41.7 Å².